The Bertz CT molecular complexity index is 1320. The predicted octanol–water partition coefficient (Wildman–Crippen LogP) is 7.29. The fourth-order valence-electron chi connectivity index (χ4n) is 3.94. The van der Waals surface area contributed by atoms with Gasteiger partial charge in [-0.15, -0.1) is 0 Å². The quantitative estimate of drug-likeness (QED) is 0.225. The molecule has 36 heavy (non-hydrogen) atoms. The number of methoxy groups -OCH3 is 1. The van der Waals surface area contributed by atoms with Crippen LogP contribution in [0, 0.1) is 6.92 Å². The number of benzene rings is 4. The molecule has 4 aromatic carbocycles. The van der Waals surface area contributed by atoms with Crippen LogP contribution in [0.15, 0.2) is 97.6 Å². The average molecular weight is 479 g/mol. The van der Waals surface area contributed by atoms with Crippen LogP contribution in [0.2, 0.25) is 0 Å². The van der Waals surface area contributed by atoms with Crippen LogP contribution >= 0.6 is 0 Å². The van der Waals surface area contributed by atoms with Gasteiger partial charge in [-0.05, 0) is 76.7 Å². The minimum atomic E-state index is -0.336. The van der Waals surface area contributed by atoms with Crippen molar-refractivity contribution in [3.8, 4) is 22.6 Å². The molecule has 0 aliphatic rings. The fourth-order valence-corrected chi connectivity index (χ4v) is 3.94. The number of carbonyl (C=O) groups excluding carboxylic acids is 1. The Morgan fingerprint density at radius 1 is 0.833 bits per heavy atom. The summed E-state index contributed by atoms with van der Waals surface area (Å²) in [5.74, 6) is 1.29. The molecule has 0 spiro atoms. The summed E-state index contributed by atoms with van der Waals surface area (Å²) in [6, 6.07) is 29.9. The van der Waals surface area contributed by atoms with E-state index in [0.717, 1.165) is 45.7 Å². The zero-order chi connectivity index (χ0) is 25.3. The zero-order valence-corrected chi connectivity index (χ0v) is 20.7. The molecular formula is C32H30O4. The van der Waals surface area contributed by atoms with E-state index < -0.39 is 0 Å². The highest BCUT2D eigenvalue weighted by molar-refractivity contribution is 5.90. The Labute approximate surface area is 212 Å². The molecule has 0 radical (unpaired) electrons. The van der Waals surface area contributed by atoms with E-state index in [9.17, 15) is 4.79 Å². The molecule has 0 amide bonds. The Balaban J connectivity index is 1.31. The first kappa shape index (κ1) is 24.8. The number of hydrogen-bond acceptors (Lipinski definition) is 4. The Morgan fingerprint density at radius 3 is 2.28 bits per heavy atom. The summed E-state index contributed by atoms with van der Waals surface area (Å²) in [5.41, 5.74) is 7.04. The van der Waals surface area contributed by atoms with Gasteiger partial charge in [0.15, 0.2) is 0 Å². The molecule has 0 saturated heterocycles. The molecule has 0 aliphatic carbocycles. The Kier molecular flexibility index (Phi) is 8.20. The maximum atomic E-state index is 11.8. The second kappa shape index (κ2) is 11.9. The first-order chi connectivity index (χ1) is 17.6. The van der Waals surface area contributed by atoms with Crippen LogP contribution in [0.1, 0.15) is 32.6 Å². The smallest absolute Gasteiger partial charge is 0.337 e. The van der Waals surface area contributed by atoms with Crippen molar-refractivity contribution in [2.45, 2.75) is 20.0 Å². The molecule has 0 aromatic heterocycles. The van der Waals surface area contributed by atoms with E-state index in [1.54, 1.807) is 6.07 Å². The lowest BCUT2D eigenvalue weighted by Gasteiger charge is -2.12. The third-order valence-electron chi connectivity index (χ3n) is 6.00. The van der Waals surface area contributed by atoms with Crippen LogP contribution in [-0.2, 0) is 17.8 Å². The van der Waals surface area contributed by atoms with Crippen molar-refractivity contribution in [2.75, 3.05) is 13.7 Å². The van der Waals surface area contributed by atoms with Crippen molar-refractivity contribution in [3.63, 3.8) is 0 Å². The Morgan fingerprint density at radius 2 is 1.58 bits per heavy atom. The maximum Gasteiger partial charge on any atom is 0.337 e. The number of rotatable bonds is 10. The Hall–Kier alpha value is -4.31. The molecular weight excluding hydrogens is 448 g/mol. The summed E-state index contributed by atoms with van der Waals surface area (Å²) in [6.45, 7) is 6.85. The summed E-state index contributed by atoms with van der Waals surface area (Å²) < 4.78 is 16.8. The van der Waals surface area contributed by atoms with Crippen LogP contribution in [-0.4, -0.2) is 19.7 Å². The minimum absolute atomic E-state index is 0.336. The van der Waals surface area contributed by atoms with Gasteiger partial charge in [0.25, 0.3) is 0 Å². The molecule has 0 fully saturated rings. The van der Waals surface area contributed by atoms with E-state index in [1.807, 2.05) is 73.7 Å². The fraction of sp³-hybridized carbons (Fsp3) is 0.156. The molecule has 0 saturated carbocycles. The van der Waals surface area contributed by atoms with E-state index in [1.165, 1.54) is 12.7 Å². The van der Waals surface area contributed by atoms with E-state index >= 15 is 0 Å². The molecule has 0 atom stereocenters. The summed E-state index contributed by atoms with van der Waals surface area (Å²) in [4.78, 5) is 11.8. The molecule has 0 aliphatic heterocycles. The monoisotopic (exact) mass is 478 g/mol. The highest BCUT2D eigenvalue weighted by atomic mass is 16.5. The first-order valence-corrected chi connectivity index (χ1v) is 11.9. The lowest BCUT2D eigenvalue weighted by Crippen LogP contribution is -2.02. The summed E-state index contributed by atoms with van der Waals surface area (Å²) >= 11 is 0. The molecule has 0 N–H and O–H groups in total. The number of hydrogen-bond donors (Lipinski definition) is 0. The van der Waals surface area contributed by atoms with Crippen LogP contribution in [0.4, 0.5) is 0 Å². The van der Waals surface area contributed by atoms with Gasteiger partial charge in [-0.2, -0.15) is 0 Å². The number of aryl methyl sites for hydroxylation is 1. The third kappa shape index (κ3) is 6.42. The molecule has 4 aromatic rings. The number of ether oxygens (including phenoxy) is 3. The van der Waals surface area contributed by atoms with Gasteiger partial charge in [-0.1, -0.05) is 67.3 Å². The average Bonchev–Trinajstić information content (AvgIpc) is 2.92. The molecule has 4 heteroatoms. The predicted molar refractivity (Wildman–Crippen MR) is 144 cm³/mol. The van der Waals surface area contributed by atoms with Gasteiger partial charge in [-0.3, -0.25) is 0 Å². The van der Waals surface area contributed by atoms with Gasteiger partial charge in [0, 0.05) is 6.42 Å². The van der Waals surface area contributed by atoms with E-state index in [-0.39, 0.29) is 5.97 Å². The van der Waals surface area contributed by atoms with E-state index in [2.05, 4.69) is 30.8 Å². The highest BCUT2D eigenvalue weighted by Gasteiger charge is 2.09. The van der Waals surface area contributed by atoms with Crippen LogP contribution < -0.4 is 9.47 Å². The topological polar surface area (TPSA) is 44.8 Å². The van der Waals surface area contributed by atoms with Crippen molar-refractivity contribution < 1.29 is 19.0 Å². The second-order valence-corrected chi connectivity index (χ2v) is 8.53. The molecule has 0 bridgehead atoms. The largest absolute Gasteiger partial charge is 0.493 e. The van der Waals surface area contributed by atoms with Gasteiger partial charge in [0.05, 0.1) is 19.3 Å². The molecule has 0 heterocycles. The number of esters is 1. The van der Waals surface area contributed by atoms with E-state index in [4.69, 9.17) is 14.2 Å². The second-order valence-electron chi connectivity index (χ2n) is 8.53. The summed E-state index contributed by atoms with van der Waals surface area (Å²) in [6.07, 6.45) is 2.69. The molecule has 4 rings (SSSR count). The first-order valence-electron chi connectivity index (χ1n) is 11.9. The third-order valence-corrected chi connectivity index (χ3v) is 6.00. The molecule has 4 nitrogen and oxygen atoms in total. The maximum absolute atomic E-state index is 11.8. The summed E-state index contributed by atoms with van der Waals surface area (Å²) in [5, 5.41) is 0. The summed E-state index contributed by atoms with van der Waals surface area (Å²) in [7, 11) is 1.39. The van der Waals surface area contributed by atoms with Gasteiger partial charge in [0.2, 0.25) is 0 Å². The zero-order valence-electron chi connectivity index (χ0n) is 20.7. The van der Waals surface area contributed by atoms with Crippen LogP contribution in [0.25, 0.3) is 17.2 Å². The highest BCUT2D eigenvalue weighted by Crippen LogP contribution is 2.28. The van der Waals surface area contributed by atoms with Gasteiger partial charge in [0.1, 0.15) is 18.1 Å². The van der Waals surface area contributed by atoms with Crippen molar-refractivity contribution in [1.82, 2.24) is 0 Å². The van der Waals surface area contributed by atoms with Crippen molar-refractivity contribution in [1.29, 1.82) is 0 Å². The lowest BCUT2D eigenvalue weighted by atomic mass is 9.98. The van der Waals surface area contributed by atoms with Crippen molar-refractivity contribution in [2.24, 2.45) is 0 Å². The lowest BCUT2D eigenvalue weighted by molar-refractivity contribution is 0.0600. The van der Waals surface area contributed by atoms with Crippen molar-refractivity contribution in [3.05, 3.63) is 125 Å². The van der Waals surface area contributed by atoms with Crippen LogP contribution in [0.5, 0.6) is 11.5 Å². The standard InChI is InChI=1S/C32H30O4/c1-4-24-8-10-25(11-9-24)18-19-35-29-15-12-26(13-16-29)22-36-30-7-5-6-27(21-30)31-17-14-28(20-23(31)2)32(33)34-3/h4-17,20-21H,1,18-19,22H2,2-3H3. The van der Waals surface area contributed by atoms with Crippen molar-refractivity contribution >= 4 is 12.0 Å². The molecule has 182 valence electrons. The van der Waals surface area contributed by atoms with E-state index in [0.29, 0.717) is 18.8 Å². The normalized spacial score (nSPS) is 10.5. The molecule has 0 unspecified atom stereocenters. The van der Waals surface area contributed by atoms with Gasteiger partial charge >= 0.3 is 5.97 Å². The minimum Gasteiger partial charge on any atom is -0.493 e. The SMILES string of the molecule is C=Cc1ccc(CCOc2ccc(COc3cccc(-c4ccc(C(=O)OC)cc4C)c3)cc2)cc1. The number of carbonyl (C=O) groups is 1. The van der Waals surface area contributed by atoms with Crippen LogP contribution in [0.3, 0.4) is 0 Å². The van der Waals surface area contributed by atoms with Gasteiger partial charge < -0.3 is 14.2 Å². The van der Waals surface area contributed by atoms with Gasteiger partial charge in [-0.25, -0.2) is 4.79 Å².